The normalized spacial score (nSPS) is 20.3. The molecule has 0 saturated carbocycles. The minimum Gasteiger partial charge on any atom is -0.487 e. The minimum absolute atomic E-state index is 0.138. The summed E-state index contributed by atoms with van der Waals surface area (Å²) >= 11 is 0. The fourth-order valence-corrected chi connectivity index (χ4v) is 3.38. The van der Waals surface area contributed by atoms with Crippen LogP contribution in [0.3, 0.4) is 0 Å². The first-order chi connectivity index (χ1) is 12.3. The first-order valence-corrected chi connectivity index (χ1v) is 8.67. The van der Waals surface area contributed by atoms with Crippen LogP contribution < -0.4 is 4.74 Å². The van der Waals surface area contributed by atoms with Crippen LogP contribution in [-0.2, 0) is 11.4 Å². The van der Waals surface area contributed by atoms with Crippen LogP contribution in [-0.4, -0.2) is 43.9 Å². The van der Waals surface area contributed by atoms with Crippen molar-refractivity contribution in [2.24, 2.45) is 5.92 Å². The molecule has 1 atom stereocenters. The van der Waals surface area contributed by atoms with E-state index in [1.54, 1.807) is 12.4 Å². The maximum absolute atomic E-state index is 12.5. The number of rotatable bonds is 5. The Kier molecular flexibility index (Phi) is 4.45. The summed E-state index contributed by atoms with van der Waals surface area (Å²) < 4.78 is 7.53. The molecule has 0 radical (unpaired) electrons. The van der Waals surface area contributed by atoms with Crippen molar-refractivity contribution in [3.05, 3.63) is 48.6 Å². The van der Waals surface area contributed by atoms with Crippen LogP contribution in [0, 0.1) is 5.92 Å². The number of likely N-dealkylation sites (tertiary alicyclic amines) is 1. The van der Waals surface area contributed by atoms with Gasteiger partial charge >= 0.3 is 0 Å². The highest BCUT2D eigenvalue weighted by Crippen LogP contribution is 2.26. The lowest BCUT2D eigenvalue weighted by molar-refractivity contribution is -0.134. The van der Waals surface area contributed by atoms with Gasteiger partial charge in [-0.15, -0.1) is 5.10 Å². The van der Waals surface area contributed by atoms with Gasteiger partial charge in [-0.1, -0.05) is 17.4 Å². The summed E-state index contributed by atoms with van der Waals surface area (Å²) in [5.74, 6) is 1.17. The Morgan fingerprint density at radius 3 is 2.84 bits per heavy atom. The van der Waals surface area contributed by atoms with Gasteiger partial charge < -0.3 is 9.64 Å². The van der Waals surface area contributed by atoms with Crippen LogP contribution in [0.5, 0.6) is 5.75 Å². The Balaban J connectivity index is 1.32. The van der Waals surface area contributed by atoms with Crippen molar-refractivity contribution in [2.75, 3.05) is 13.1 Å². The predicted octanol–water partition coefficient (Wildman–Crippen LogP) is 1.99. The molecule has 0 aromatic carbocycles. The molecule has 1 aliphatic carbocycles. The lowest BCUT2D eigenvalue weighted by Crippen LogP contribution is -2.33. The fraction of sp³-hybridized carbons (Fsp3) is 0.444. The van der Waals surface area contributed by atoms with Crippen LogP contribution in [0.4, 0.5) is 0 Å². The molecular formula is C18H21N5O2. The zero-order valence-corrected chi connectivity index (χ0v) is 14.0. The monoisotopic (exact) mass is 339 g/mol. The van der Waals surface area contributed by atoms with E-state index >= 15 is 0 Å². The zero-order chi connectivity index (χ0) is 17.1. The molecule has 1 unspecified atom stereocenters. The second kappa shape index (κ2) is 7.04. The average Bonchev–Trinajstić information content (AvgIpc) is 3.41. The van der Waals surface area contributed by atoms with E-state index in [2.05, 4.69) is 27.4 Å². The molecular weight excluding hydrogens is 318 g/mol. The summed E-state index contributed by atoms with van der Waals surface area (Å²) in [5, 5.41) is 8.41. The third kappa shape index (κ3) is 3.55. The highest BCUT2D eigenvalue weighted by atomic mass is 16.5. The lowest BCUT2D eigenvalue weighted by atomic mass is 10.1. The first-order valence-electron chi connectivity index (χ1n) is 8.67. The van der Waals surface area contributed by atoms with Crippen LogP contribution in [0.2, 0.25) is 0 Å². The Labute approximate surface area is 146 Å². The third-order valence-electron chi connectivity index (χ3n) is 4.80. The van der Waals surface area contributed by atoms with Gasteiger partial charge in [-0.3, -0.25) is 9.78 Å². The van der Waals surface area contributed by atoms with Gasteiger partial charge in [-0.25, -0.2) is 4.68 Å². The van der Waals surface area contributed by atoms with E-state index in [1.165, 1.54) is 0 Å². The number of hydrogen-bond acceptors (Lipinski definition) is 5. The Hall–Kier alpha value is -2.70. The molecule has 25 heavy (non-hydrogen) atoms. The van der Waals surface area contributed by atoms with Crippen LogP contribution >= 0.6 is 0 Å². The average molecular weight is 339 g/mol. The van der Waals surface area contributed by atoms with Gasteiger partial charge in [0.05, 0.1) is 12.2 Å². The molecule has 0 bridgehead atoms. The number of pyridine rings is 1. The number of ether oxygens (including phenoxy) is 1. The van der Waals surface area contributed by atoms with Crippen molar-refractivity contribution in [3.63, 3.8) is 0 Å². The van der Waals surface area contributed by atoms with Crippen LogP contribution in [0.1, 0.15) is 31.0 Å². The van der Waals surface area contributed by atoms with E-state index in [4.69, 9.17) is 4.74 Å². The third-order valence-corrected chi connectivity index (χ3v) is 4.80. The van der Waals surface area contributed by atoms with Gasteiger partial charge in [-0.2, -0.15) is 0 Å². The molecule has 3 heterocycles. The topological polar surface area (TPSA) is 73.1 Å². The highest BCUT2D eigenvalue weighted by Gasteiger charge is 2.32. The molecule has 4 rings (SSSR count). The van der Waals surface area contributed by atoms with Crippen molar-refractivity contribution in [2.45, 2.75) is 31.9 Å². The largest absolute Gasteiger partial charge is 0.487 e. The van der Waals surface area contributed by atoms with Crippen molar-refractivity contribution in [1.29, 1.82) is 0 Å². The summed E-state index contributed by atoms with van der Waals surface area (Å²) in [4.78, 5) is 18.4. The number of amides is 1. The van der Waals surface area contributed by atoms with Gasteiger partial charge in [0.1, 0.15) is 18.1 Å². The second-order valence-electron chi connectivity index (χ2n) is 6.53. The molecule has 2 aromatic rings. The Bertz CT molecular complexity index is 750. The number of nitrogens with zero attached hydrogens (tertiary/aromatic N) is 5. The van der Waals surface area contributed by atoms with E-state index in [9.17, 15) is 4.79 Å². The van der Waals surface area contributed by atoms with E-state index < -0.39 is 0 Å². The van der Waals surface area contributed by atoms with Gasteiger partial charge in [0.2, 0.25) is 5.91 Å². The van der Waals surface area contributed by atoms with Gasteiger partial charge in [0, 0.05) is 31.4 Å². The molecule has 1 amide bonds. The summed E-state index contributed by atoms with van der Waals surface area (Å²) in [6.07, 6.45) is 12.2. The predicted molar refractivity (Wildman–Crippen MR) is 90.7 cm³/mol. The molecule has 1 saturated heterocycles. The van der Waals surface area contributed by atoms with Gasteiger partial charge in [0.25, 0.3) is 0 Å². The first kappa shape index (κ1) is 15.8. The van der Waals surface area contributed by atoms with E-state index in [1.807, 2.05) is 27.9 Å². The molecule has 7 heteroatoms. The molecule has 0 spiro atoms. The number of aromatic nitrogens is 4. The smallest absolute Gasteiger partial charge is 0.226 e. The SMILES string of the molecule is O=C(C1CC=CC1)N1CCC(n2cc(COc3ccncc3)nn2)C1. The standard InChI is InChI=1S/C18H21N5O2/c24-18(14-3-1-2-4-14)22-10-7-16(12-22)23-11-15(20-21-23)13-25-17-5-8-19-9-6-17/h1-2,5-6,8-9,11,14,16H,3-4,7,10,12-13H2. The molecule has 130 valence electrons. The number of allylic oxidation sites excluding steroid dienone is 2. The van der Waals surface area contributed by atoms with Crippen molar-refractivity contribution < 1.29 is 9.53 Å². The second-order valence-corrected chi connectivity index (χ2v) is 6.53. The lowest BCUT2D eigenvalue weighted by Gasteiger charge is -2.20. The molecule has 0 N–H and O–H groups in total. The Morgan fingerprint density at radius 2 is 2.04 bits per heavy atom. The van der Waals surface area contributed by atoms with Crippen LogP contribution in [0.15, 0.2) is 42.9 Å². The van der Waals surface area contributed by atoms with Crippen LogP contribution in [0.25, 0.3) is 0 Å². The maximum atomic E-state index is 12.5. The summed E-state index contributed by atoms with van der Waals surface area (Å²) in [5.41, 5.74) is 0.779. The molecule has 2 aliphatic rings. The minimum atomic E-state index is 0.138. The van der Waals surface area contributed by atoms with Gasteiger partial charge in [-0.05, 0) is 31.4 Å². The number of carbonyl (C=O) groups excluding carboxylic acids is 1. The molecule has 2 aromatic heterocycles. The summed E-state index contributed by atoms with van der Waals surface area (Å²) in [7, 11) is 0. The zero-order valence-electron chi connectivity index (χ0n) is 14.0. The van der Waals surface area contributed by atoms with E-state index in [-0.39, 0.29) is 17.9 Å². The maximum Gasteiger partial charge on any atom is 0.226 e. The van der Waals surface area contributed by atoms with Crippen molar-refractivity contribution >= 4 is 5.91 Å². The molecule has 7 nitrogen and oxygen atoms in total. The molecule has 1 aliphatic heterocycles. The highest BCUT2D eigenvalue weighted by molar-refractivity contribution is 5.80. The van der Waals surface area contributed by atoms with Crippen molar-refractivity contribution in [3.8, 4) is 5.75 Å². The van der Waals surface area contributed by atoms with E-state index in [0.29, 0.717) is 13.2 Å². The van der Waals surface area contributed by atoms with Gasteiger partial charge in [0.15, 0.2) is 0 Å². The number of carbonyl (C=O) groups is 1. The number of hydrogen-bond donors (Lipinski definition) is 0. The fourth-order valence-electron chi connectivity index (χ4n) is 3.38. The van der Waals surface area contributed by atoms with Crippen molar-refractivity contribution in [1.82, 2.24) is 24.9 Å². The van der Waals surface area contributed by atoms with E-state index in [0.717, 1.165) is 37.3 Å². The Morgan fingerprint density at radius 1 is 1.24 bits per heavy atom. The summed E-state index contributed by atoms with van der Waals surface area (Å²) in [6.45, 7) is 1.87. The quantitative estimate of drug-likeness (QED) is 0.779. The molecule has 1 fully saturated rings. The summed E-state index contributed by atoms with van der Waals surface area (Å²) in [6, 6.07) is 3.81.